The number of fused-ring (bicyclic) bond motifs is 1. The molecule has 0 bridgehead atoms. The Hall–Kier alpha value is -1.39. The Kier molecular flexibility index (Phi) is 3.53. The molecule has 3 rings (SSSR count). The molecular formula is C15H21N3O. The number of rotatable bonds is 3. The van der Waals surface area contributed by atoms with Crippen LogP contribution in [0.15, 0.2) is 22.6 Å². The van der Waals surface area contributed by atoms with Crippen molar-refractivity contribution in [2.24, 2.45) is 5.73 Å². The summed E-state index contributed by atoms with van der Waals surface area (Å²) in [4.78, 5) is 4.31. The predicted molar refractivity (Wildman–Crippen MR) is 75.8 cm³/mol. The largest absolute Gasteiger partial charge is 0.441 e. The molecule has 3 N–H and O–H groups in total. The maximum absolute atomic E-state index is 6.15. The van der Waals surface area contributed by atoms with Gasteiger partial charge < -0.3 is 15.5 Å². The molecule has 102 valence electrons. The summed E-state index contributed by atoms with van der Waals surface area (Å²) in [5.41, 5.74) is 9.16. The van der Waals surface area contributed by atoms with Crippen LogP contribution in [0.1, 0.15) is 37.1 Å². The van der Waals surface area contributed by atoms with E-state index in [2.05, 4.69) is 22.4 Å². The Bertz CT molecular complexity index is 564. The Balaban J connectivity index is 1.67. The summed E-state index contributed by atoms with van der Waals surface area (Å²) in [7, 11) is 0. The molecule has 2 atom stereocenters. The van der Waals surface area contributed by atoms with Crippen LogP contribution in [0.25, 0.3) is 11.1 Å². The number of nitrogens with one attached hydrogen (secondary N) is 1. The lowest BCUT2D eigenvalue weighted by Gasteiger charge is -2.29. The van der Waals surface area contributed by atoms with Gasteiger partial charge >= 0.3 is 0 Å². The fourth-order valence-electron chi connectivity index (χ4n) is 2.86. The highest BCUT2D eigenvalue weighted by molar-refractivity contribution is 5.73. The van der Waals surface area contributed by atoms with Gasteiger partial charge in [0.1, 0.15) is 5.52 Å². The van der Waals surface area contributed by atoms with Crippen molar-refractivity contribution in [1.29, 1.82) is 0 Å². The first-order valence-corrected chi connectivity index (χ1v) is 7.07. The fourth-order valence-corrected chi connectivity index (χ4v) is 2.86. The molecule has 0 aliphatic heterocycles. The van der Waals surface area contributed by atoms with Crippen LogP contribution in [-0.2, 0) is 6.54 Å². The zero-order valence-corrected chi connectivity index (χ0v) is 11.4. The lowest BCUT2D eigenvalue weighted by Crippen LogP contribution is -2.46. The van der Waals surface area contributed by atoms with Gasteiger partial charge in [-0.05, 0) is 30.5 Å². The van der Waals surface area contributed by atoms with Gasteiger partial charge in [0.25, 0.3) is 0 Å². The van der Waals surface area contributed by atoms with E-state index in [1.165, 1.54) is 24.8 Å². The smallest absolute Gasteiger partial charge is 0.192 e. The van der Waals surface area contributed by atoms with Gasteiger partial charge in [-0.15, -0.1) is 0 Å². The molecule has 1 saturated carbocycles. The van der Waals surface area contributed by atoms with E-state index in [4.69, 9.17) is 10.2 Å². The Labute approximate surface area is 113 Å². The first-order chi connectivity index (χ1) is 9.22. The van der Waals surface area contributed by atoms with Crippen LogP contribution in [-0.4, -0.2) is 17.1 Å². The maximum Gasteiger partial charge on any atom is 0.192 e. The van der Waals surface area contributed by atoms with Crippen LogP contribution in [0.3, 0.4) is 0 Å². The van der Waals surface area contributed by atoms with Crippen LogP contribution < -0.4 is 11.1 Å². The van der Waals surface area contributed by atoms with Crippen molar-refractivity contribution in [2.75, 3.05) is 0 Å². The molecule has 1 aliphatic rings. The summed E-state index contributed by atoms with van der Waals surface area (Å²) in [6.45, 7) is 2.72. The van der Waals surface area contributed by atoms with Crippen LogP contribution in [0.5, 0.6) is 0 Å². The van der Waals surface area contributed by atoms with Crippen molar-refractivity contribution in [3.8, 4) is 0 Å². The topological polar surface area (TPSA) is 64.1 Å². The van der Waals surface area contributed by atoms with Gasteiger partial charge in [-0.25, -0.2) is 4.98 Å². The number of hydrogen-bond acceptors (Lipinski definition) is 4. The third-order valence-corrected chi connectivity index (χ3v) is 3.95. The fraction of sp³-hybridized carbons (Fsp3) is 0.533. The second-order valence-corrected chi connectivity index (χ2v) is 5.47. The third kappa shape index (κ3) is 2.80. The molecule has 0 saturated heterocycles. The monoisotopic (exact) mass is 259 g/mol. The number of aryl methyl sites for hydroxylation is 1. The normalized spacial score (nSPS) is 23.9. The van der Waals surface area contributed by atoms with E-state index in [0.29, 0.717) is 12.1 Å². The minimum absolute atomic E-state index is 0.296. The van der Waals surface area contributed by atoms with E-state index in [9.17, 15) is 0 Å². The van der Waals surface area contributed by atoms with Crippen LogP contribution in [0.4, 0.5) is 0 Å². The predicted octanol–water partition coefficient (Wildman–Crippen LogP) is 2.50. The van der Waals surface area contributed by atoms with Crippen LogP contribution in [0.2, 0.25) is 0 Å². The first kappa shape index (κ1) is 12.6. The van der Waals surface area contributed by atoms with E-state index in [1.807, 2.05) is 13.0 Å². The Morgan fingerprint density at radius 1 is 1.37 bits per heavy atom. The third-order valence-electron chi connectivity index (χ3n) is 3.95. The molecule has 0 radical (unpaired) electrons. The molecule has 1 fully saturated rings. The summed E-state index contributed by atoms with van der Waals surface area (Å²) >= 11 is 0. The molecule has 4 heteroatoms. The van der Waals surface area contributed by atoms with Crippen molar-refractivity contribution < 1.29 is 4.42 Å². The van der Waals surface area contributed by atoms with Gasteiger partial charge in [-0.1, -0.05) is 18.9 Å². The van der Waals surface area contributed by atoms with Crippen molar-refractivity contribution >= 4 is 11.1 Å². The number of nitrogens with two attached hydrogens (primary N) is 1. The zero-order valence-electron chi connectivity index (χ0n) is 11.4. The Morgan fingerprint density at radius 3 is 3.05 bits per heavy atom. The van der Waals surface area contributed by atoms with Crippen molar-refractivity contribution in [1.82, 2.24) is 10.3 Å². The summed E-state index contributed by atoms with van der Waals surface area (Å²) < 4.78 is 5.56. The second-order valence-electron chi connectivity index (χ2n) is 5.47. The van der Waals surface area contributed by atoms with Gasteiger partial charge in [0.2, 0.25) is 0 Å². The van der Waals surface area contributed by atoms with Crippen LogP contribution in [0, 0.1) is 6.92 Å². The average Bonchev–Trinajstić information content (AvgIpc) is 2.77. The van der Waals surface area contributed by atoms with Crippen molar-refractivity contribution in [3.63, 3.8) is 0 Å². The quantitative estimate of drug-likeness (QED) is 0.889. The lowest BCUT2D eigenvalue weighted by atomic mass is 9.91. The number of aromatic nitrogens is 1. The van der Waals surface area contributed by atoms with Gasteiger partial charge in [0.05, 0.1) is 0 Å². The molecule has 0 amide bonds. The lowest BCUT2D eigenvalue weighted by molar-refractivity contribution is 0.326. The summed E-state index contributed by atoms with van der Waals surface area (Å²) in [6.07, 6.45) is 4.87. The highest BCUT2D eigenvalue weighted by Gasteiger charge is 2.20. The molecule has 2 aromatic rings. The summed E-state index contributed by atoms with van der Waals surface area (Å²) in [5, 5.41) is 3.57. The molecule has 0 spiro atoms. The molecule has 1 aromatic carbocycles. The minimum atomic E-state index is 0.296. The highest BCUT2D eigenvalue weighted by Crippen LogP contribution is 2.19. The van der Waals surface area contributed by atoms with E-state index >= 15 is 0 Å². The van der Waals surface area contributed by atoms with E-state index < -0.39 is 0 Å². The van der Waals surface area contributed by atoms with Crippen LogP contribution >= 0.6 is 0 Å². The first-order valence-electron chi connectivity index (χ1n) is 7.07. The number of oxazole rings is 1. The molecular weight excluding hydrogens is 238 g/mol. The number of benzene rings is 1. The van der Waals surface area contributed by atoms with Gasteiger partial charge in [-0.2, -0.15) is 0 Å². The maximum atomic E-state index is 6.15. The SMILES string of the molecule is Cc1nc2ccc(CNC3CCCCC3N)cc2o1. The van der Waals surface area contributed by atoms with Gasteiger partial charge in [0, 0.05) is 25.6 Å². The molecule has 4 nitrogen and oxygen atoms in total. The summed E-state index contributed by atoms with van der Waals surface area (Å²) in [6, 6.07) is 6.93. The minimum Gasteiger partial charge on any atom is -0.441 e. The van der Waals surface area contributed by atoms with Crippen molar-refractivity contribution in [2.45, 2.75) is 51.2 Å². The molecule has 1 aromatic heterocycles. The van der Waals surface area contributed by atoms with E-state index in [0.717, 1.165) is 30.0 Å². The van der Waals surface area contributed by atoms with Crippen molar-refractivity contribution in [3.05, 3.63) is 29.7 Å². The molecule has 2 unspecified atom stereocenters. The number of nitrogens with zero attached hydrogens (tertiary/aromatic N) is 1. The standard InChI is InChI=1S/C15H21N3O/c1-10-18-14-7-6-11(8-15(14)19-10)9-17-13-5-3-2-4-12(13)16/h6-8,12-13,17H,2-5,9,16H2,1H3. The van der Waals surface area contributed by atoms with Gasteiger partial charge in [-0.3, -0.25) is 0 Å². The summed E-state index contributed by atoms with van der Waals surface area (Å²) in [5.74, 6) is 0.717. The average molecular weight is 259 g/mol. The number of hydrogen-bond donors (Lipinski definition) is 2. The second kappa shape index (κ2) is 5.31. The highest BCUT2D eigenvalue weighted by atomic mass is 16.3. The van der Waals surface area contributed by atoms with Gasteiger partial charge in [0.15, 0.2) is 11.5 Å². The molecule has 1 aliphatic carbocycles. The zero-order chi connectivity index (χ0) is 13.2. The molecule has 1 heterocycles. The van der Waals surface area contributed by atoms with E-state index in [1.54, 1.807) is 0 Å². The Morgan fingerprint density at radius 2 is 2.21 bits per heavy atom. The molecule has 19 heavy (non-hydrogen) atoms. The van der Waals surface area contributed by atoms with E-state index in [-0.39, 0.29) is 0 Å².